The van der Waals surface area contributed by atoms with Gasteiger partial charge in [0.15, 0.2) is 0 Å². The first-order valence-corrected chi connectivity index (χ1v) is 8.09. The van der Waals surface area contributed by atoms with Gasteiger partial charge in [0.25, 0.3) is 0 Å². The van der Waals surface area contributed by atoms with E-state index in [4.69, 9.17) is 0 Å². The van der Waals surface area contributed by atoms with Crippen molar-refractivity contribution in [2.75, 3.05) is 0 Å². The molecule has 0 radical (unpaired) electrons. The lowest BCUT2D eigenvalue weighted by molar-refractivity contribution is 0.577. The third-order valence-electron chi connectivity index (χ3n) is 2.72. The van der Waals surface area contributed by atoms with E-state index in [-0.39, 0.29) is 16.3 Å². The Hall–Kier alpha value is -1.51. The fourth-order valence-electron chi connectivity index (χ4n) is 1.97. The molecule has 0 aliphatic heterocycles. The van der Waals surface area contributed by atoms with Crippen LogP contribution in [0.4, 0.5) is 4.39 Å². The molecule has 5 nitrogen and oxygen atoms in total. The van der Waals surface area contributed by atoms with Gasteiger partial charge in [-0.2, -0.15) is 0 Å². The summed E-state index contributed by atoms with van der Waals surface area (Å²) in [4.78, 5) is 13.3. The van der Waals surface area contributed by atoms with Gasteiger partial charge in [-0.15, -0.1) is 0 Å². The molecule has 20 heavy (non-hydrogen) atoms. The zero-order valence-corrected chi connectivity index (χ0v) is 12.5. The van der Waals surface area contributed by atoms with Crippen LogP contribution in [0.25, 0.3) is 0 Å². The van der Waals surface area contributed by atoms with Crippen LogP contribution in [0, 0.1) is 19.7 Å². The van der Waals surface area contributed by atoms with Crippen LogP contribution < -0.4 is 9.60 Å². The fourth-order valence-corrected chi connectivity index (χ4v) is 4.00. The summed E-state index contributed by atoms with van der Waals surface area (Å²) in [5.41, 5.74) is 1.17. The van der Waals surface area contributed by atoms with Crippen LogP contribution in [0.1, 0.15) is 16.8 Å². The minimum Gasteiger partial charge on any atom is -0.315 e. The Bertz CT molecular complexity index is 770. The Morgan fingerprint density at radius 3 is 2.40 bits per heavy atom. The average Bonchev–Trinajstić information content (AvgIpc) is 2.71. The largest absolute Gasteiger partial charge is 0.315 e. The number of benzene rings is 1. The third-order valence-corrected chi connectivity index (χ3v) is 5.14. The molecule has 0 aliphatic carbocycles. The highest BCUT2D eigenvalue weighted by molar-refractivity contribution is 7.89. The maximum Gasteiger partial charge on any atom is 0.304 e. The van der Waals surface area contributed by atoms with Crippen molar-refractivity contribution in [1.82, 2.24) is 9.71 Å². The number of hydrogen-bond acceptors (Lipinski definition) is 4. The molecule has 0 aliphatic rings. The summed E-state index contributed by atoms with van der Waals surface area (Å²) in [7, 11) is -3.76. The molecule has 2 aromatic rings. The predicted molar refractivity (Wildman–Crippen MR) is 74.8 cm³/mol. The van der Waals surface area contributed by atoms with Gasteiger partial charge in [-0.3, -0.25) is 4.79 Å². The summed E-state index contributed by atoms with van der Waals surface area (Å²) in [6.45, 7) is 3.06. The number of nitrogens with one attached hydrogen (secondary N) is 2. The van der Waals surface area contributed by atoms with Crippen molar-refractivity contribution < 1.29 is 12.8 Å². The minimum atomic E-state index is -3.76. The SMILES string of the molecule is Cc1cc(F)cc(C)c1S(=O)(=O)NCc1csc(=O)[nH]1. The summed E-state index contributed by atoms with van der Waals surface area (Å²) in [5.74, 6) is -0.471. The Morgan fingerprint density at radius 2 is 1.90 bits per heavy atom. The van der Waals surface area contributed by atoms with Gasteiger partial charge in [0, 0.05) is 11.1 Å². The van der Waals surface area contributed by atoms with Crippen LogP contribution in [0.2, 0.25) is 0 Å². The molecule has 0 saturated carbocycles. The van der Waals surface area contributed by atoms with Gasteiger partial charge in [-0.1, -0.05) is 11.3 Å². The predicted octanol–water partition coefficient (Wildman–Crippen LogP) is 1.67. The topological polar surface area (TPSA) is 79.0 Å². The van der Waals surface area contributed by atoms with Crippen LogP contribution in [-0.2, 0) is 16.6 Å². The van der Waals surface area contributed by atoms with Gasteiger partial charge in [-0.05, 0) is 37.1 Å². The van der Waals surface area contributed by atoms with Crippen LogP contribution >= 0.6 is 11.3 Å². The molecule has 0 fully saturated rings. The van der Waals surface area contributed by atoms with Crippen LogP contribution in [0.5, 0.6) is 0 Å². The molecule has 1 aromatic carbocycles. The van der Waals surface area contributed by atoms with Gasteiger partial charge in [0.05, 0.1) is 11.4 Å². The number of sulfonamides is 1. The quantitative estimate of drug-likeness (QED) is 0.900. The second-order valence-electron chi connectivity index (χ2n) is 4.37. The van der Waals surface area contributed by atoms with E-state index in [1.54, 1.807) is 5.38 Å². The number of aromatic nitrogens is 1. The first kappa shape index (κ1) is 14.9. The van der Waals surface area contributed by atoms with Gasteiger partial charge in [-0.25, -0.2) is 17.5 Å². The highest BCUT2D eigenvalue weighted by atomic mass is 32.2. The number of H-pyrrole nitrogens is 1. The smallest absolute Gasteiger partial charge is 0.304 e. The summed E-state index contributed by atoms with van der Waals surface area (Å²) in [5, 5.41) is 1.55. The van der Waals surface area contributed by atoms with Crippen molar-refractivity contribution in [3.8, 4) is 0 Å². The molecule has 0 spiro atoms. The molecular weight excluding hydrogens is 303 g/mol. The summed E-state index contributed by atoms with van der Waals surface area (Å²) in [6, 6.07) is 2.35. The first-order valence-electron chi connectivity index (χ1n) is 5.72. The zero-order valence-electron chi connectivity index (χ0n) is 10.9. The lowest BCUT2D eigenvalue weighted by atomic mass is 10.1. The molecule has 0 saturated heterocycles. The van der Waals surface area contributed by atoms with Gasteiger partial charge in [0.2, 0.25) is 10.0 Å². The maximum atomic E-state index is 13.2. The molecule has 1 heterocycles. The van der Waals surface area contributed by atoms with Gasteiger partial charge < -0.3 is 4.98 Å². The number of hydrogen-bond donors (Lipinski definition) is 2. The van der Waals surface area contributed by atoms with Crippen molar-refractivity contribution in [3.05, 3.63) is 49.8 Å². The van der Waals surface area contributed by atoms with Gasteiger partial charge in [0.1, 0.15) is 5.82 Å². The average molecular weight is 316 g/mol. The fraction of sp³-hybridized carbons (Fsp3) is 0.250. The maximum absolute atomic E-state index is 13.2. The molecular formula is C12H13FN2O3S2. The number of halogens is 1. The number of thiazole rings is 1. The normalized spacial score (nSPS) is 11.8. The molecule has 0 unspecified atom stereocenters. The van der Waals surface area contributed by atoms with E-state index in [1.807, 2.05) is 0 Å². The molecule has 0 atom stereocenters. The summed E-state index contributed by atoms with van der Waals surface area (Å²) in [6.07, 6.45) is 0. The van der Waals surface area contributed by atoms with E-state index in [2.05, 4.69) is 9.71 Å². The van der Waals surface area contributed by atoms with Crippen molar-refractivity contribution in [1.29, 1.82) is 0 Å². The number of aromatic amines is 1. The van der Waals surface area contributed by atoms with Crippen LogP contribution in [0.15, 0.2) is 27.2 Å². The lowest BCUT2D eigenvalue weighted by Crippen LogP contribution is -2.25. The molecule has 2 N–H and O–H groups in total. The van der Waals surface area contributed by atoms with E-state index in [0.29, 0.717) is 16.8 Å². The molecule has 0 amide bonds. The van der Waals surface area contributed by atoms with Crippen molar-refractivity contribution in [2.45, 2.75) is 25.3 Å². The first-order chi connectivity index (χ1) is 9.29. The Labute approximate surface area is 119 Å². The third kappa shape index (κ3) is 3.14. The molecule has 1 aromatic heterocycles. The second kappa shape index (κ2) is 5.47. The Morgan fingerprint density at radius 1 is 1.30 bits per heavy atom. The Kier molecular flexibility index (Phi) is 4.07. The van der Waals surface area contributed by atoms with Crippen molar-refractivity contribution in [3.63, 3.8) is 0 Å². The number of aryl methyl sites for hydroxylation is 2. The minimum absolute atomic E-state index is 0.0165. The second-order valence-corrected chi connectivity index (χ2v) is 6.91. The monoisotopic (exact) mass is 316 g/mol. The van der Waals surface area contributed by atoms with E-state index in [1.165, 1.54) is 26.0 Å². The molecule has 0 bridgehead atoms. The van der Waals surface area contributed by atoms with E-state index in [9.17, 15) is 17.6 Å². The summed E-state index contributed by atoms with van der Waals surface area (Å²) >= 11 is 0.964. The molecule has 8 heteroatoms. The zero-order chi connectivity index (χ0) is 14.9. The van der Waals surface area contributed by atoms with Crippen molar-refractivity contribution in [2.24, 2.45) is 0 Å². The molecule has 2 rings (SSSR count). The van der Waals surface area contributed by atoms with Crippen LogP contribution in [0.3, 0.4) is 0 Å². The van der Waals surface area contributed by atoms with E-state index < -0.39 is 15.8 Å². The highest BCUT2D eigenvalue weighted by Crippen LogP contribution is 2.21. The molecule has 108 valence electrons. The lowest BCUT2D eigenvalue weighted by Gasteiger charge is -2.11. The Balaban J connectivity index is 2.29. The highest BCUT2D eigenvalue weighted by Gasteiger charge is 2.20. The van der Waals surface area contributed by atoms with Crippen LogP contribution in [-0.4, -0.2) is 13.4 Å². The van der Waals surface area contributed by atoms with E-state index >= 15 is 0 Å². The van der Waals surface area contributed by atoms with Gasteiger partial charge >= 0.3 is 4.87 Å². The van der Waals surface area contributed by atoms with Crippen molar-refractivity contribution >= 4 is 21.4 Å². The standard InChI is InChI=1S/C12H13FN2O3S2/c1-7-3-9(13)4-8(2)11(7)20(17,18)14-5-10-6-19-12(16)15-10/h3-4,6,14H,5H2,1-2H3,(H,15,16). The van der Waals surface area contributed by atoms with E-state index in [0.717, 1.165) is 11.3 Å². The number of rotatable bonds is 4. The summed E-state index contributed by atoms with van der Waals surface area (Å²) < 4.78 is 40.1.